The summed E-state index contributed by atoms with van der Waals surface area (Å²) in [5.41, 5.74) is 2.37. The van der Waals surface area contributed by atoms with Crippen molar-refractivity contribution in [3.8, 4) is 17.2 Å². The lowest BCUT2D eigenvalue weighted by atomic mass is 10.1. The molecule has 42 heavy (non-hydrogen) atoms. The summed E-state index contributed by atoms with van der Waals surface area (Å²) in [6, 6.07) is 25.1. The number of imide groups is 2. The number of urea groups is 1. The Morgan fingerprint density at radius 2 is 1.50 bits per heavy atom. The van der Waals surface area contributed by atoms with E-state index in [9.17, 15) is 14.4 Å². The molecule has 0 bridgehead atoms. The normalized spacial score (nSPS) is 14.1. The quantitative estimate of drug-likeness (QED) is 0.167. The van der Waals surface area contributed by atoms with Gasteiger partial charge in [-0.15, -0.1) is 0 Å². The molecule has 0 spiro atoms. The number of rotatable bonds is 9. The minimum atomic E-state index is -0.848. The van der Waals surface area contributed by atoms with Crippen molar-refractivity contribution in [1.29, 1.82) is 0 Å². The topological polar surface area (TPSA) is 94.2 Å². The summed E-state index contributed by atoms with van der Waals surface area (Å²) in [5, 5.41) is 3.46. The highest BCUT2D eigenvalue weighted by Crippen LogP contribution is 2.31. The third-order valence-corrected chi connectivity index (χ3v) is 6.78. The van der Waals surface area contributed by atoms with E-state index >= 15 is 0 Å². The highest BCUT2D eigenvalue weighted by molar-refractivity contribution is 6.39. The van der Waals surface area contributed by atoms with Crippen LogP contribution >= 0.6 is 23.2 Å². The smallest absolute Gasteiger partial charge is 0.335 e. The Hall–Kier alpha value is -4.79. The first-order valence-electron chi connectivity index (χ1n) is 12.7. The van der Waals surface area contributed by atoms with Crippen LogP contribution in [0.2, 0.25) is 10.0 Å². The predicted octanol–water partition coefficient (Wildman–Crippen LogP) is 6.83. The molecule has 1 aliphatic rings. The number of anilines is 1. The van der Waals surface area contributed by atoms with Gasteiger partial charge in [0, 0.05) is 10.0 Å². The third kappa shape index (κ3) is 6.74. The van der Waals surface area contributed by atoms with Crippen LogP contribution in [0.1, 0.15) is 16.7 Å². The number of hydrogen-bond donors (Lipinski definition) is 1. The highest BCUT2D eigenvalue weighted by Gasteiger charge is 2.36. The molecule has 4 amide bonds. The summed E-state index contributed by atoms with van der Waals surface area (Å²) < 4.78 is 17.1. The lowest BCUT2D eigenvalue weighted by molar-refractivity contribution is -0.122. The van der Waals surface area contributed by atoms with E-state index < -0.39 is 17.8 Å². The van der Waals surface area contributed by atoms with Crippen molar-refractivity contribution < 1.29 is 28.6 Å². The molecule has 0 unspecified atom stereocenters. The van der Waals surface area contributed by atoms with E-state index in [2.05, 4.69) is 5.32 Å². The van der Waals surface area contributed by atoms with Gasteiger partial charge in [0.05, 0.1) is 12.8 Å². The van der Waals surface area contributed by atoms with E-state index in [0.717, 1.165) is 16.0 Å². The molecule has 5 rings (SSSR count). The molecule has 0 aliphatic carbocycles. The number of carbonyl (C=O) groups excluding carboxylic acids is 3. The fourth-order valence-corrected chi connectivity index (χ4v) is 4.52. The van der Waals surface area contributed by atoms with Crippen molar-refractivity contribution in [2.75, 3.05) is 12.0 Å². The Balaban J connectivity index is 1.31. The van der Waals surface area contributed by atoms with Crippen LogP contribution in [0.4, 0.5) is 10.5 Å². The molecule has 4 aromatic carbocycles. The predicted molar refractivity (Wildman–Crippen MR) is 160 cm³/mol. The Bertz CT molecular complexity index is 1670. The zero-order valence-electron chi connectivity index (χ0n) is 22.3. The van der Waals surface area contributed by atoms with E-state index in [4.69, 9.17) is 37.4 Å². The first-order chi connectivity index (χ1) is 20.3. The van der Waals surface area contributed by atoms with E-state index in [-0.39, 0.29) is 17.9 Å². The Kier molecular flexibility index (Phi) is 8.76. The summed E-state index contributed by atoms with van der Waals surface area (Å²) >= 11 is 12.0. The number of hydrogen-bond acceptors (Lipinski definition) is 6. The number of ether oxygens (including phenoxy) is 3. The Morgan fingerprint density at radius 1 is 0.762 bits per heavy atom. The average Bonchev–Trinajstić information content (AvgIpc) is 2.99. The van der Waals surface area contributed by atoms with Gasteiger partial charge in [-0.1, -0.05) is 53.5 Å². The van der Waals surface area contributed by atoms with Crippen LogP contribution < -0.4 is 24.4 Å². The van der Waals surface area contributed by atoms with E-state index in [1.807, 2.05) is 24.3 Å². The van der Waals surface area contributed by atoms with Gasteiger partial charge >= 0.3 is 6.03 Å². The molecule has 0 aromatic heterocycles. The molecule has 0 atom stereocenters. The van der Waals surface area contributed by atoms with Gasteiger partial charge in [0.2, 0.25) is 0 Å². The molecule has 212 valence electrons. The van der Waals surface area contributed by atoms with Crippen molar-refractivity contribution in [1.82, 2.24) is 5.32 Å². The second kappa shape index (κ2) is 12.8. The van der Waals surface area contributed by atoms with Crippen molar-refractivity contribution in [3.63, 3.8) is 0 Å². The molecule has 0 saturated carbocycles. The number of methoxy groups -OCH3 is 1. The van der Waals surface area contributed by atoms with Gasteiger partial charge in [-0.25, -0.2) is 9.69 Å². The lowest BCUT2D eigenvalue weighted by Gasteiger charge is -2.26. The van der Waals surface area contributed by atoms with Crippen LogP contribution in [0.3, 0.4) is 0 Å². The number of nitrogens with zero attached hydrogens (tertiary/aromatic N) is 1. The van der Waals surface area contributed by atoms with E-state index in [1.165, 1.54) is 13.2 Å². The van der Waals surface area contributed by atoms with Crippen LogP contribution in [0.15, 0.2) is 96.6 Å². The summed E-state index contributed by atoms with van der Waals surface area (Å²) in [5.74, 6) is -0.162. The van der Waals surface area contributed by atoms with Gasteiger partial charge < -0.3 is 14.2 Å². The number of carbonyl (C=O) groups is 3. The van der Waals surface area contributed by atoms with Gasteiger partial charge in [-0.2, -0.15) is 0 Å². The van der Waals surface area contributed by atoms with Crippen LogP contribution in [0.5, 0.6) is 17.2 Å². The zero-order chi connectivity index (χ0) is 29.6. The van der Waals surface area contributed by atoms with Gasteiger partial charge in [-0.05, 0) is 83.4 Å². The molecule has 1 N–H and O–H groups in total. The van der Waals surface area contributed by atoms with E-state index in [0.29, 0.717) is 39.5 Å². The molecule has 1 fully saturated rings. The second-order valence-corrected chi connectivity index (χ2v) is 10.1. The maximum absolute atomic E-state index is 13.3. The number of halogens is 2. The number of amides is 4. The SMILES string of the molecule is COc1cc(/C=C2\C(=O)NC(=O)N(c3ccc(OCc4ccc(Cl)cc4)cc3)C2=O)ccc1OCc1cccc(Cl)c1. The monoisotopic (exact) mass is 602 g/mol. The number of barbiturate groups is 1. The van der Waals surface area contributed by atoms with Gasteiger partial charge in [0.15, 0.2) is 11.5 Å². The summed E-state index contributed by atoms with van der Waals surface area (Å²) in [4.78, 5) is 39.6. The molecule has 1 heterocycles. The fraction of sp³-hybridized carbons (Fsp3) is 0.0938. The molecular weight excluding hydrogens is 579 g/mol. The minimum Gasteiger partial charge on any atom is -0.493 e. The number of nitrogens with one attached hydrogen (secondary N) is 1. The Labute approximate surface area is 252 Å². The summed E-state index contributed by atoms with van der Waals surface area (Å²) in [6.07, 6.45) is 1.39. The largest absolute Gasteiger partial charge is 0.493 e. The van der Waals surface area contributed by atoms with Gasteiger partial charge in [-0.3, -0.25) is 14.9 Å². The minimum absolute atomic E-state index is 0.215. The standard InChI is InChI=1S/C32H24Cl2N2O6/c1-40-29-17-21(7-14-28(29)42-19-22-3-2-4-24(34)15-22)16-27-30(37)35-32(39)36(31(27)38)25-10-12-26(13-11-25)41-18-20-5-8-23(33)9-6-20/h2-17H,18-19H2,1H3,(H,35,37,39)/b27-16+. The Morgan fingerprint density at radius 3 is 2.21 bits per heavy atom. The van der Waals surface area contributed by atoms with Gasteiger partial charge in [0.1, 0.15) is 24.5 Å². The van der Waals surface area contributed by atoms with Crippen LogP contribution in [0, 0.1) is 0 Å². The fourth-order valence-electron chi connectivity index (χ4n) is 4.18. The average molecular weight is 603 g/mol. The second-order valence-electron chi connectivity index (χ2n) is 9.20. The zero-order valence-corrected chi connectivity index (χ0v) is 23.8. The van der Waals surface area contributed by atoms with Crippen molar-refractivity contribution in [2.24, 2.45) is 0 Å². The third-order valence-electron chi connectivity index (χ3n) is 6.30. The van der Waals surface area contributed by atoms with Crippen molar-refractivity contribution >= 4 is 52.8 Å². The maximum atomic E-state index is 13.3. The summed E-state index contributed by atoms with van der Waals surface area (Å²) in [7, 11) is 1.49. The molecule has 4 aromatic rings. The molecule has 10 heteroatoms. The molecule has 8 nitrogen and oxygen atoms in total. The molecular formula is C32H24Cl2N2O6. The van der Waals surface area contributed by atoms with E-state index in [1.54, 1.807) is 66.7 Å². The van der Waals surface area contributed by atoms with Crippen molar-refractivity contribution in [2.45, 2.75) is 13.2 Å². The highest BCUT2D eigenvalue weighted by atomic mass is 35.5. The first-order valence-corrected chi connectivity index (χ1v) is 13.5. The molecule has 0 radical (unpaired) electrons. The molecule has 1 saturated heterocycles. The summed E-state index contributed by atoms with van der Waals surface area (Å²) in [6.45, 7) is 0.579. The van der Waals surface area contributed by atoms with Crippen LogP contribution in [-0.2, 0) is 22.8 Å². The maximum Gasteiger partial charge on any atom is 0.335 e. The lowest BCUT2D eigenvalue weighted by Crippen LogP contribution is -2.54. The van der Waals surface area contributed by atoms with Crippen LogP contribution in [0.25, 0.3) is 6.08 Å². The molecule has 1 aliphatic heterocycles. The van der Waals surface area contributed by atoms with Gasteiger partial charge in [0.25, 0.3) is 11.8 Å². The number of benzene rings is 4. The first kappa shape index (κ1) is 28.7. The van der Waals surface area contributed by atoms with Crippen molar-refractivity contribution in [3.05, 3.63) is 123 Å². The van der Waals surface area contributed by atoms with Crippen LogP contribution in [-0.4, -0.2) is 25.0 Å².